The van der Waals surface area contributed by atoms with E-state index in [9.17, 15) is 9.59 Å². The Morgan fingerprint density at radius 2 is 1.90 bits per heavy atom. The summed E-state index contributed by atoms with van der Waals surface area (Å²) in [6.45, 7) is 4.47. The quantitative estimate of drug-likeness (QED) is 0.309. The normalized spacial score (nSPS) is 19.1. The minimum Gasteiger partial charge on any atom is -0.382 e. The van der Waals surface area contributed by atoms with Crippen molar-refractivity contribution in [2.24, 2.45) is 0 Å². The Labute approximate surface area is 237 Å². The number of hydrogen-bond acceptors (Lipinski definition) is 8. The van der Waals surface area contributed by atoms with E-state index in [-0.39, 0.29) is 17.4 Å². The van der Waals surface area contributed by atoms with Gasteiger partial charge in [-0.25, -0.2) is 9.97 Å². The summed E-state index contributed by atoms with van der Waals surface area (Å²) in [5.41, 5.74) is 9.33. The topological polar surface area (TPSA) is 125 Å². The highest BCUT2D eigenvalue weighted by molar-refractivity contribution is 6.43. The van der Waals surface area contributed by atoms with Gasteiger partial charge < -0.3 is 21.3 Å². The Morgan fingerprint density at radius 3 is 2.64 bits per heavy atom. The van der Waals surface area contributed by atoms with Crippen LogP contribution in [0.25, 0.3) is 11.3 Å². The molecule has 1 atom stereocenters. The predicted molar refractivity (Wildman–Crippen MR) is 155 cm³/mol. The van der Waals surface area contributed by atoms with E-state index in [0.717, 1.165) is 43.0 Å². The van der Waals surface area contributed by atoms with Crippen LogP contribution in [0.1, 0.15) is 38.2 Å². The van der Waals surface area contributed by atoms with Crippen LogP contribution in [-0.2, 0) is 16.1 Å². The van der Waals surface area contributed by atoms with Crippen LogP contribution in [-0.4, -0.2) is 46.5 Å². The smallest absolute Gasteiger partial charge is 0.249 e. The summed E-state index contributed by atoms with van der Waals surface area (Å²) in [5.74, 6) is 0.543. The second kappa shape index (κ2) is 11.4. The zero-order valence-electron chi connectivity index (χ0n) is 21.6. The zero-order valence-corrected chi connectivity index (χ0v) is 23.1. The molecule has 0 aliphatic carbocycles. The van der Waals surface area contributed by atoms with Gasteiger partial charge in [0.25, 0.3) is 0 Å². The fourth-order valence-corrected chi connectivity index (χ4v) is 5.38. The van der Waals surface area contributed by atoms with Crippen LogP contribution in [0, 0.1) is 0 Å². The summed E-state index contributed by atoms with van der Waals surface area (Å²) < 4.78 is 0. The first kappa shape index (κ1) is 27.2. The minimum atomic E-state index is -0.419. The van der Waals surface area contributed by atoms with Gasteiger partial charge in [-0.15, -0.1) is 0 Å². The molecule has 3 aromatic rings. The lowest BCUT2D eigenvalue weighted by Gasteiger charge is -2.40. The standard InChI is InChI=1S/C28H31Cl2N7O2/c1-28(33-15-17-5-2-3-8-20(17)34-21-9-10-23(38)36-27(21)39)11-13-37(14-12-28)22-16-32-25(26(31)35-22)18-6-4-7-19(29)24(18)30/h2-8,16,21,33-34H,9-15H2,1H3,(H2,31,35)(H,36,38,39). The Balaban J connectivity index is 1.20. The number of carbonyl (C=O) groups is 2. The fourth-order valence-electron chi connectivity index (χ4n) is 4.99. The number of hydrogen-bond donors (Lipinski definition) is 4. The third-order valence-electron chi connectivity index (χ3n) is 7.48. The number of para-hydroxylation sites is 1. The average molecular weight is 569 g/mol. The van der Waals surface area contributed by atoms with Gasteiger partial charge in [0.1, 0.15) is 17.6 Å². The molecule has 39 heavy (non-hydrogen) atoms. The number of nitrogens with two attached hydrogens (primary N) is 1. The van der Waals surface area contributed by atoms with Crippen LogP contribution in [0.15, 0.2) is 48.7 Å². The van der Waals surface area contributed by atoms with Gasteiger partial charge in [-0.3, -0.25) is 14.9 Å². The van der Waals surface area contributed by atoms with Crippen LogP contribution in [0.4, 0.5) is 17.3 Å². The lowest BCUT2D eigenvalue weighted by atomic mass is 9.89. The van der Waals surface area contributed by atoms with E-state index in [2.05, 4.69) is 37.7 Å². The molecule has 5 rings (SSSR count). The molecule has 2 aromatic carbocycles. The van der Waals surface area contributed by atoms with Gasteiger partial charge in [0.15, 0.2) is 5.82 Å². The van der Waals surface area contributed by atoms with Crippen molar-refractivity contribution in [3.63, 3.8) is 0 Å². The maximum absolute atomic E-state index is 12.2. The van der Waals surface area contributed by atoms with E-state index < -0.39 is 6.04 Å². The van der Waals surface area contributed by atoms with Gasteiger partial charge in [0, 0.05) is 42.8 Å². The molecule has 0 spiro atoms. The Kier molecular flexibility index (Phi) is 7.93. The highest BCUT2D eigenvalue weighted by atomic mass is 35.5. The van der Waals surface area contributed by atoms with Crippen LogP contribution in [0.2, 0.25) is 10.0 Å². The molecule has 1 aromatic heterocycles. The van der Waals surface area contributed by atoms with Crippen LogP contribution in [0.5, 0.6) is 0 Å². The molecule has 3 heterocycles. The first-order chi connectivity index (χ1) is 18.7. The summed E-state index contributed by atoms with van der Waals surface area (Å²) in [6.07, 6.45) is 4.36. The number of imide groups is 1. The predicted octanol–water partition coefficient (Wildman–Crippen LogP) is 4.40. The Morgan fingerprint density at radius 1 is 1.13 bits per heavy atom. The molecule has 204 valence electrons. The molecule has 5 N–H and O–H groups in total. The number of rotatable bonds is 7. The van der Waals surface area contributed by atoms with E-state index in [0.29, 0.717) is 46.5 Å². The highest BCUT2D eigenvalue weighted by Gasteiger charge is 2.31. The number of benzene rings is 2. The summed E-state index contributed by atoms with van der Waals surface area (Å²) in [6, 6.07) is 12.9. The average Bonchev–Trinajstić information content (AvgIpc) is 2.92. The third kappa shape index (κ3) is 6.11. The molecular formula is C28H31Cl2N7O2. The monoisotopic (exact) mass is 567 g/mol. The summed E-state index contributed by atoms with van der Waals surface area (Å²) in [5, 5.41) is 10.3. The number of nitrogen functional groups attached to an aromatic ring is 1. The number of anilines is 3. The molecule has 2 aliphatic heterocycles. The maximum Gasteiger partial charge on any atom is 0.249 e. The van der Waals surface area contributed by atoms with E-state index in [1.165, 1.54) is 0 Å². The molecule has 2 amide bonds. The fraction of sp³-hybridized carbons (Fsp3) is 0.357. The molecular weight excluding hydrogens is 537 g/mol. The van der Waals surface area contributed by atoms with E-state index in [1.54, 1.807) is 18.3 Å². The van der Waals surface area contributed by atoms with Crippen LogP contribution < -0.4 is 26.6 Å². The van der Waals surface area contributed by atoms with E-state index in [4.69, 9.17) is 28.9 Å². The van der Waals surface area contributed by atoms with Crippen molar-refractivity contribution < 1.29 is 9.59 Å². The van der Waals surface area contributed by atoms with Crippen molar-refractivity contribution in [2.75, 3.05) is 29.0 Å². The first-order valence-corrected chi connectivity index (χ1v) is 13.7. The second-order valence-corrected chi connectivity index (χ2v) is 11.1. The highest BCUT2D eigenvalue weighted by Crippen LogP contribution is 2.35. The minimum absolute atomic E-state index is 0.0779. The molecule has 0 saturated carbocycles. The van der Waals surface area contributed by atoms with Crippen molar-refractivity contribution >= 4 is 52.3 Å². The van der Waals surface area contributed by atoms with Crippen molar-refractivity contribution in [3.8, 4) is 11.3 Å². The van der Waals surface area contributed by atoms with Crippen LogP contribution in [0.3, 0.4) is 0 Å². The largest absolute Gasteiger partial charge is 0.382 e. The van der Waals surface area contributed by atoms with Gasteiger partial charge in [-0.2, -0.15) is 0 Å². The second-order valence-electron chi connectivity index (χ2n) is 10.3. The SMILES string of the molecule is CC1(NCc2ccccc2NC2CCC(=O)NC2=O)CCN(c2cnc(-c3cccc(Cl)c3Cl)c(N)n2)CC1. The number of piperidine rings is 2. The number of nitrogens with zero attached hydrogens (tertiary/aromatic N) is 3. The van der Waals surface area contributed by atoms with E-state index >= 15 is 0 Å². The summed E-state index contributed by atoms with van der Waals surface area (Å²) >= 11 is 12.5. The lowest BCUT2D eigenvalue weighted by Crippen LogP contribution is -2.51. The number of halogens is 2. The zero-order chi connectivity index (χ0) is 27.6. The van der Waals surface area contributed by atoms with Crippen molar-refractivity contribution in [1.29, 1.82) is 0 Å². The molecule has 9 nitrogen and oxygen atoms in total. The number of aromatic nitrogens is 2. The molecule has 1 unspecified atom stereocenters. The molecule has 0 radical (unpaired) electrons. The van der Waals surface area contributed by atoms with Gasteiger partial charge in [-0.05, 0) is 43.9 Å². The van der Waals surface area contributed by atoms with Crippen molar-refractivity contribution in [2.45, 2.75) is 50.7 Å². The summed E-state index contributed by atoms with van der Waals surface area (Å²) in [7, 11) is 0. The molecule has 2 saturated heterocycles. The molecule has 0 bridgehead atoms. The Hall–Kier alpha value is -3.40. The lowest BCUT2D eigenvalue weighted by molar-refractivity contribution is -0.133. The van der Waals surface area contributed by atoms with Crippen molar-refractivity contribution in [1.82, 2.24) is 20.6 Å². The Bertz CT molecular complexity index is 1390. The van der Waals surface area contributed by atoms with Gasteiger partial charge in [-0.1, -0.05) is 53.5 Å². The van der Waals surface area contributed by atoms with Gasteiger partial charge in [0.05, 0.1) is 16.2 Å². The van der Waals surface area contributed by atoms with E-state index in [1.807, 2.05) is 30.3 Å². The summed E-state index contributed by atoms with van der Waals surface area (Å²) in [4.78, 5) is 35.1. The van der Waals surface area contributed by atoms with Gasteiger partial charge >= 0.3 is 0 Å². The maximum atomic E-state index is 12.2. The number of carbonyl (C=O) groups excluding carboxylic acids is 2. The number of amides is 2. The van der Waals surface area contributed by atoms with Crippen LogP contribution >= 0.6 is 23.2 Å². The van der Waals surface area contributed by atoms with Gasteiger partial charge in [0.2, 0.25) is 11.8 Å². The first-order valence-electron chi connectivity index (χ1n) is 13.0. The number of nitrogens with one attached hydrogen (secondary N) is 3. The molecule has 11 heteroatoms. The molecule has 2 fully saturated rings. The van der Waals surface area contributed by atoms with Crippen molar-refractivity contribution in [3.05, 3.63) is 64.3 Å². The third-order valence-corrected chi connectivity index (χ3v) is 8.30. The molecule has 2 aliphatic rings.